The molecule has 0 bridgehead atoms. The van der Waals surface area contributed by atoms with Gasteiger partial charge >= 0.3 is 0 Å². The molecule has 1 N–H and O–H groups in total. The summed E-state index contributed by atoms with van der Waals surface area (Å²) in [6.45, 7) is 11.5. The van der Waals surface area contributed by atoms with Crippen molar-refractivity contribution in [1.82, 2.24) is 14.7 Å². The summed E-state index contributed by atoms with van der Waals surface area (Å²) in [6, 6.07) is 7.51. The van der Waals surface area contributed by atoms with E-state index in [-0.39, 0.29) is 11.5 Å². The number of thiophene rings is 1. The minimum atomic E-state index is -0.525. The van der Waals surface area contributed by atoms with Crippen LogP contribution in [-0.4, -0.2) is 25.9 Å². The predicted octanol–water partition coefficient (Wildman–Crippen LogP) is 5.10. The van der Waals surface area contributed by atoms with Gasteiger partial charge < -0.3 is 4.52 Å². The Kier molecular flexibility index (Phi) is 5.96. The van der Waals surface area contributed by atoms with E-state index in [9.17, 15) is 9.59 Å². The summed E-state index contributed by atoms with van der Waals surface area (Å²) in [5.41, 5.74) is 4.36. The second-order valence-electron chi connectivity index (χ2n) is 7.80. The van der Waals surface area contributed by atoms with E-state index in [2.05, 4.69) is 10.5 Å². The van der Waals surface area contributed by atoms with E-state index in [1.54, 1.807) is 24.5 Å². The van der Waals surface area contributed by atoms with Gasteiger partial charge in [0.05, 0.1) is 22.0 Å². The Labute approximate surface area is 193 Å². The van der Waals surface area contributed by atoms with Crippen LogP contribution in [0.4, 0.5) is 5.88 Å². The maximum atomic E-state index is 13.7. The Morgan fingerprint density at radius 1 is 1.19 bits per heavy atom. The molecule has 0 radical (unpaired) electrons. The second-order valence-corrected chi connectivity index (χ2v) is 10.3. The SMILES string of the molecule is Cc1cc(NC(=O)C(C)Sc2nc3sc(C)c(C)c3c(=O)n2-c2cccc(C)c2C)on1. The molecule has 9 heteroatoms. The van der Waals surface area contributed by atoms with Gasteiger partial charge in [0.15, 0.2) is 5.16 Å². The summed E-state index contributed by atoms with van der Waals surface area (Å²) in [5.74, 6) is 0.0336. The standard InChI is InChI=1S/C23H24N4O3S2/c1-11-8-7-9-17(13(11)3)27-22(29)19-14(4)15(5)31-21(19)25-23(27)32-16(6)20(28)24-18-10-12(2)26-30-18/h7-10,16H,1-6H3,(H,24,28). The van der Waals surface area contributed by atoms with E-state index in [1.165, 1.54) is 23.1 Å². The molecule has 0 saturated carbocycles. The number of nitrogens with zero attached hydrogens (tertiary/aromatic N) is 3. The van der Waals surface area contributed by atoms with Gasteiger partial charge in [0.2, 0.25) is 11.8 Å². The van der Waals surface area contributed by atoms with Gasteiger partial charge in [-0.15, -0.1) is 11.3 Å². The molecule has 4 aromatic rings. The summed E-state index contributed by atoms with van der Waals surface area (Å²) in [6.07, 6.45) is 0. The molecular weight excluding hydrogens is 444 g/mol. The zero-order chi connectivity index (χ0) is 23.2. The quantitative estimate of drug-likeness (QED) is 0.324. The smallest absolute Gasteiger partial charge is 0.267 e. The highest BCUT2D eigenvalue weighted by Crippen LogP contribution is 2.32. The highest BCUT2D eigenvalue weighted by molar-refractivity contribution is 8.00. The van der Waals surface area contributed by atoms with Crippen LogP contribution in [0.25, 0.3) is 15.9 Å². The van der Waals surface area contributed by atoms with Gasteiger partial charge in [-0.3, -0.25) is 19.5 Å². The number of carbonyl (C=O) groups is 1. The predicted molar refractivity (Wildman–Crippen MR) is 129 cm³/mol. The van der Waals surface area contributed by atoms with Crippen LogP contribution in [0, 0.1) is 34.6 Å². The molecule has 1 unspecified atom stereocenters. The van der Waals surface area contributed by atoms with Crippen LogP contribution < -0.4 is 10.9 Å². The van der Waals surface area contributed by atoms with Crippen LogP contribution in [-0.2, 0) is 4.79 Å². The average molecular weight is 469 g/mol. The molecule has 3 aromatic heterocycles. The third-order valence-corrected chi connectivity index (χ3v) is 7.67. The number of hydrogen-bond donors (Lipinski definition) is 1. The minimum absolute atomic E-state index is 0.119. The zero-order valence-electron chi connectivity index (χ0n) is 18.8. The molecule has 3 heterocycles. The summed E-state index contributed by atoms with van der Waals surface area (Å²) in [7, 11) is 0. The summed E-state index contributed by atoms with van der Waals surface area (Å²) in [5, 5.41) is 7.10. The van der Waals surface area contributed by atoms with Gasteiger partial charge in [0, 0.05) is 10.9 Å². The van der Waals surface area contributed by atoms with E-state index in [0.717, 1.165) is 27.3 Å². The molecule has 166 valence electrons. The molecule has 1 atom stereocenters. The van der Waals surface area contributed by atoms with E-state index >= 15 is 0 Å². The highest BCUT2D eigenvalue weighted by Gasteiger charge is 2.24. The molecule has 0 saturated heterocycles. The number of aryl methyl sites for hydroxylation is 4. The molecule has 32 heavy (non-hydrogen) atoms. The Morgan fingerprint density at radius 3 is 2.62 bits per heavy atom. The molecule has 1 amide bonds. The van der Waals surface area contributed by atoms with Gasteiger partial charge in [-0.1, -0.05) is 29.1 Å². The van der Waals surface area contributed by atoms with Crippen LogP contribution in [0.3, 0.4) is 0 Å². The molecule has 0 spiro atoms. The van der Waals surface area contributed by atoms with Crippen LogP contribution >= 0.6 is 23.1 Å². The Balaban J connectivity index is 1.81. The van der Waals surface area contributed by atoms with Crippen LogP contribution in [0.5, 0.6) is 0 Å². The van der Waals surface area contributed by atoms with Gasteiger partial charge in [0.25, 0.3) is 5.56 Å². The normalized spacial score (nSPS) is 12.3. The van der Waals surface area contributed by atoms with E-state index in [0.29, 0.717) is 27.0 Å². The van der Waals surface area contributed by atoms with Gasteiger partial charge in [0.1, 0.15) is 4.83 Å². The fourth-order valence-electron chi connectivity index (χ4n) is 3.40. The van der Waals surface area contributed by atoms with E-state index < -0.39 is 5.25 Å². The Bertz CT molecular complexity index is 1400. The van der Waals surface area contributed by atoms with Crippen molar-refractivity contribution >= 4 is 45.1 Å². The largest absolute Gasteiger partial charge is 0.338 e. The maximum Gasteiger partial charge on any atom is 0.267 e. The number of nitrogens with one attached hydrogen (secondary N) is 1. The first-order valence-corrected chi connectivity index (χ1v) is 11.9. The Hall–Kier alpha value is -2.91. The minimum Gasteiger partial charge on any atom is -0.338 e. The lowest BCUT2D eigenvalue weighted by molar-refractivity contribution is -0.115. The van der Waals surface area contributed by atoms with Crippen molar-refractivity contribution in [1.29, 1.82) is 0 Å². The van der Waals surface area contributed by atoms with Crippen molar-refractivity contribution in [2.24, 2.45) is 0 Å². The number of carbonyl (C=O) groups excluding carboxylic acids is 1. The Morgan fingerprint density at radius 2 is 1.94 bits per heavy atom. The number of rotatable bonds is 5. The first-order valence-electron chi connectivity index (χ1n) is 10.2. The van der Waals surface area contributed by atoms with Crippen LogP contribution in [0.1, 0.15) is 34.2 Å². The summed E-state index contributed by atoms with van der Waals surface area (Å²) < 4.78 is 6.73. The van der Waals surface area contributed by atoms with Crippen molar-refractivity contribution in [3.05, 3.63) is 61.9 Å². The number of hydrogen-bond acceptors (Lipinski definition) is 7. The molecule has 1 aromatic carbocycles. The van der Waals surface area contributed by atoms with Crippen molar-refractivity contribution in [2.45, 2.75) is 51.9 Å². The fourth-order valence-corrected chi connectivity index (χ4v) is 5.39. The first-order chi connectivity index (χ1) is 15.2. The van der Waals surface area contributed by atoms with Crippen LogP contribution in [0.2, 0.25) is 0 Å². The van der Waals surface area contributed by atoms with Gasteiger partial charge in [-0.2, -0.15) is 0 Å². The average Bonchev–Trinajstić information content (AvgIpc) is 3.27. The number of fused-ring (bicyclic) bond motifs is 1. The van der Waals surface area contributed by atoms with Crippen LogP contribution in [0.15, 0.2) is 38.7 Å². The monoisotopic (exact) mass is 468 g/mol. The zero-order valence-corrected chi connectivity index (χ0v) is 20.4. The number of benzene rings is 1. The van der Waals surface area contributed by atoms with Crippen molar-refractivity contribution < 1.29 is 9.32 Å². The van der Waals surface area contributed by atoms with Gasteiger partial charge in [-0.05, 0) is 64.3 Å². The molecule has 0 aliphatic heterocycles. The molecule has 7 nitrogen and oxygen atoms in total. The topological polar surface area (TPSA) is 90.0 Å². The lowest BCUT2D eigenvalue weighted by atomic mass is 10.1. The molecule has 0 fully saturated rings. The van der Waals surface area contributed by atoms with Crippen molar-refractivity contribution in [3.63, 3.8) is 0 Å². The molecule has 0 aliphatic rings. The van der Waals surface area contributed by atoms with Crippen molar-refractivity contribution in [3.8, 4) is 5.69 Å². The number of anilines is 1. The lowest BCUT2D eigenvalue weighted by Gasteiger charge is -2.17. The summed E-state index contributed by atoms with van der Waals surface area (Å²) >= 11 is 2.74. The third kappa shape index (κ3) is 3.98. The van der Waals surface area contributed by atoms with E-state index in [1.807, 2.05) is 45.9 Å². The van der Waals surface area contributed by atoms with Crippen molar-refractivity contribution in [2.75, 3.05) is 5.32 Å². The fraction of sp³-hybridized carbons (Fsp3) is 0.304. The molecule has 4 rings (SSSR count). The lowest BCUT2D eigenvalue weighted by Crippen LogP contribution is -2.26. The summed E-state index contributed by atoms with van der Waals surface area (Å²) in [4.78, 5) is 33.0. The molecule has 0 aliphatic carbocycles. The molecular formula is C23H24N4O3S2. The van der Waals surface area contributed by atoms with Gasteiger partial charge in [-0.25, -0.2) is 4.98 Å². The first kappa shape index (κ1) is 22.3. The number of aromatic nitrogens is 3. The number of amides is 1. The number of thioether (sulfide) groups is 1. The highest BCUT2D eigenvalue weighted by atomic mass is 32.2. The second kappa shape index (κ2) is 8.55. The third-order valence-electron chi connectivity index (χ3n) is 5.51. The van der Waals surface area contributed by atoms with E-state index in [4.69, 9.17) is 9.51 Å². The maximum absolute atomic E-state index is 13.7.